The van der Waals surface area contributed by atoms with Gasteiger partial charge >= 0.3 is 59.4 Å². The summed E-state index contributed by atoms with van der Waals surface area (Å²) in [6, 6.07) is 0. The zero-order valence-corrected chi connectivity index (χ0v) is 11.0. The summed E-state index contributed by atoms with van der Waals surface area (Å²) >= 11 is 0. The summed E-state index contributed by atoms with van der Waals surface area (Å²) < 4.78 is 0. The van der Waals surface area contributed by atoms with Crippen LogP contribution in [-0.2, 0) is 33.0 Å². The maximum Gasteiger partial charge on any atom is 4.00 e. The second-order valence-electron chi connectivity index (χ2n) is 0. The van der Waals surface area contributed by atoms with Crippen molar-refractivity contribution < 1.29 is 78.2 Å². The Morgan fingerprint density at radius 1 is 0.571 bits per heavy atom. The molecule has 0 aromatic rings. The molecule has 0 N–H and O–H groups in total. The molecular formula is F4SThZn. The Labute approximate surface area is 90.5 Å². The maximum absolute atomic E-state index is 0. The summed E-state index contributed by atoms with van der Waals surface area (Å²) in [5.74, 6) is 0. The first-order valence-corrected chi connectivity index (χ1v) is 0. The standard InChI is InChI=1S/4FH.S.Th.Zn/h4*1H;;;/q;;;;-2;+4;+2/p-4. The Bertz CT molecular complexity index is 11.7. The molecule has 0 heterocycles. The van der Waals surface area contributed by atoms with Gasteiger partial charge in [-0.2, -0.15) is 0 Å². The van der Waals surface area contributed by atoms with Crippen LogP contribution >= 0.6 is 0 Å². The van der Waals surface area contributed by atoms with Gasteiger partial charge in [-0.1, -0.05) is 0 Å². The van der Waals surface area contributed by atoms with E-state index in [4.69, 9.17) is 0 Å². The van der Waals surface area contributed by atoms with E-state index in [-0.39, 0.29) is 91.7 Å². The summed E-state index contributed by atoms with van der Waals surface area (Å²) in [5, 5.41) is 0. The molecule has 0 spiro atoms. The Balaban J connectivity index is 0. The van der Waals surface area contributed by atoms with Gasteiger partial charge in [0.2, 0.25) is 0 Å². The molecule has 0 bridgehead atoms. The average molecular weight is 405 g/mol. The van der Waals surface area contributed by atoms with Gasteiger partial charge in [0.15, 0.2) is 0 Å². The van der Waals surface area contributed by atoms with Crippen molar-refractivity contribution in [2.45, 2.75) is 0 Å². The summed E-state index contributed by atoms with van der Waals surface area (Å²) in [7, 11) is 0. The van der Waals surface area contributed by atoms with Crippen LogP contribution in [-0.4, -0.2) is 0 Å². The van der Waals surface area contributed by atoms with Gasteiger partial charge in [0, 0.05) is 0 Å². The molecule has 7 heteroatoms. The molecule has 0 radical (unpaired) electrons. The van der Waals surface area contributed by atoms with Gasteiger partial charge in [-0.15, -0.1) is 0 Å². The smallest absolute Gasteiger partial charge is 2.00 e. The molecule has 0 fully saturated rings. The van der Waals surface area contributed by atoms with E-state index < -0.39 is 0 Å². The van der Waals surface area contributed by atoms with E-state index in [0.717, 1.165) is 0 Å². The normalized spacial score (nSPS) is 0. The number of hydrogen-bond acceptors (Lipinski definition) is 0. The molecule has 0 atom stereocenters. The van der Waals surface area contributed by atoms with Gasteiger partial charge in [0.05, 0.1) is 0 Å². The molecule has 0 aliphatic heterocycles. The molecule has 0 aliphatic rings. The van der Waals surface area contributed by atoms with Crippen LogP contribution in [0.2, 0.25) is 0 Å². The fourth-order valence-electron chi connectivity index (χ4n) is 0. The third-order valence-corrected chi connectivity index (χ3v) is 0. The topological polar surface area (TPSA) is 0 Å². The third-order valence-electron chi connectivity index (χ3n) is 0. The van der Waals surface area contributed by atoms with E-state index in [1.165, 1.54) is 0 Å². The van der Waals surface area contributed by atoms with Gasteiger partial charge in [0.25, 0.3) is 0 Å². The van der Waals surface area contributed by atoms with Crippen LogP contribution in [0.5, 0.6) is 0 Å². The van der Waals surface area contributed by atoms with E-state index in [1.807, 2.05) is 0 Å². The molecule has 0 nitrogen and oxygen atoms in total. The zero-order chi connectivity index (χ0) is 0. The fourth-order valence-corrected chi connectivity index (χ4v) is 0. The molecule has 0 unspecified atom stereocenters. The molecular weight excluding hydrogens is 405 g/mol. The largest absolute Gasteiger partial charge is 4.00 e. The second kappa shape index (κ2) is 97.0. The van der Waals surface area contributed by atoms with Crippen LogP contribution in [0.3, 0.4) is 0 Å². The summed E-state index contributed by atoms with van der Waals surface area (Å²) in [6.45, 7) is 0. The van der Waals surface area contributed by atoms with Crippen molar-refractivity contribution in [1.82, 2.24) is 0 Å². The number of halogens is 4. The van der Waals surface area contributed by atoms with Crippen molar-refractivity contribution >= 4 is 13.5 Å². The van der Waals surface area contributed by atoms with E-state index in [2.05, 4.69) is 0 Å². The van der Waals surface area contributed by atoms with Crippen molar-refractivity contribution in [2.75, 3.05) is 0 Å². The van der Waals surface area contributed by atoms with Crippen molar-refractivity contribution in [3.63, 3.8) is 0 Å². The number of rotatable bonds is 0. The minimum absolute atomic E-state index is 0. The molecule has 7 heavy (non-hydrogen) atoms. The Morgan fingerprint density at radius 2 is 0.571 bits per heavy atom. The third kappa shape index (κ3) is 71.3. The first-order chi connectivity index (χ1) is 0. The van der Waals surface area contributed by atoms with Crippen LogP contribution in [0.15, 0.2) is 0 Å². The summed E-state index contributed by atoms with van der Waals surface area (Å²) in [5.41, 5.74) is 0. The fraction of sp³-hybridized carbons (Fsp3) is 0. The SMILES string of the molecule is [F-].[F-].[F-].[F-].[S-2].[Th+4].[Zn+2]. The summed E-state index contributed by atoms with van der Waals surface area (Å²) in [4.78, 5) is 0. The maximum atomic E-state index is 0. The molecule has 0 amide bonds. The number of hydrogen-bond donors (Lipinski definition) is 0. The molecule has 0 rings (SSSR count). The molecule has 40 valence electrons. The van der Waals surface area contributed by atoms with Crippen LogP contribution in [0, 0.1) is 39.9 Å². The Morgan fingerprint density at radius 3 is 0.571 bits per heavy atom. The quantitative estimate of drug-likeness (QED) is 0.278. The van der Waals surface area contributed by atoms with Crippen molar-refractivity contribution in [3.8, 4) is 0 Å². The minimum Gasteiger partial charge on any atom is -2.00 e. The van der Waals surface area contributed by atoms with E-state index in [9.17, 15) is 0 Å². The Kier molecular flexibility index (Phi) is 1970. The van der Waals surface area contributed by atoms with Gasteiger partial charge in [0.1, 0.15) is 0 Å². The summed E-state index contributed by atoms with van der Waals surface area (Å²) in [6.07, 6.45) is 0. The molecule has 0 aliphatic carbocycles. The molecule has 0 aromatic carbocycles. The molecule has 0 aromatic heterocycles. The molecule has 0 saturated carbocycles. The first kappa shape index (κ1) is 142. The van der Waals surface area contributed by atoms with E-state index in [0.29, 0.717) is 0 Å². The zero-order valence-electron chi connectivity index (χ0n) is 3.13. The van der Waals surface area contributed by atoms with Crippen molar-refractivity contribution in [3.05, 3.63) is 0 Å². The predicted octanol–water partition coefficient (Wildman–Crippen LogP) is -12.0. The van der Waals surface area contributed by atoms with Gasteiger partial charge < -0.3 is 32.3 Å². The van der Waals surface area contributed by atoms with Gasteiger partial charge in [-0.3, -0.25) is 0 Å². The van der Waals surface area contributed by atoms with Crippen LogP contribution in [0.1, 0.15) is 0 Å². The molecule has 0 saturated heterocycles. The minimum atomic E-state index is 0. The van der Waals surface area contributed by atoms with Gasteiger partial charge in [-0.25, -0.2) is 0 Å². The Hall–Kier alpha value is 2.02. The van der Waals surface area contributed by atoms with Crippen LogP contribution in [0.4, 0.5) is 0 Å². The van der Waals surface area contributed by atoms with Crippen LogP contribution in [0.25, 0.3) is 0 Å². The average Bonchev–Trinajstić information content (AvgIpc) is 0. The first-order valence-electron chi connectivity index (χ1n) is 0. The van der Waals surface area contributed by atoms with Crippen LogP contribution < -0.4 is 18.8 Å². The van der Waals surface area contributed by atoms with E-state index in [1.54, 1.807) is 0 Å². The predicted molar refractivity (Wildman–Crippen MR) is 7.37 cm³/mol. The monoisotopic (exact) mass is 404 g/mol. The van der Waals surface area contributed by atoms with Gasteiger partial charge in [-0.05, 0) is 0 Å². The second-order valence-corrected chi connectivity index (χ2v) is 0. The van der Waals surface area contributed by atoms with E-state index >= 15 is 0 Å². The van der Waals surface area contributed by atoms with Crippen molar-refractivity contribution in [1.29, 1.82) is 0 Å². The van der Waals surface area contributed by atoms with Crippen molar-refractivity contribution in [2.24, 2.45) is 0 Å².